The van der Waals surface area contributed by atoms with Gasteiger partial charge in [0.05, 0.1) is 17.8 Å². The molecular weight excluding hydrogens is 424 g/mol. The SMILES string of the molecule is COc1ccc(-n2nc3ccc(NC(=O)/C=C/c4ccc(C(C)C)cc4)cc3n2)cc1Cl. The van der Waals surface area contributed by atoms with E-state index in [1.807, 2.05) is 24.3 Å². The zero-order valence-corrected chi connectivity index (χ0v) is 18.8. The van der Waals surface area contributed by atoms with Crippen molar-refractivity contribution >= 4 is 40.3 Å². The Kier molecular flexibility index (Phi) is 6.23. The fourth-order valence-electron chi connectivity index (χ4n) is 3.24. The molecule has 3 aromatic carbocycles. The number of nitrogens with one attached hydrogen (secondary N) is 1. The highest BCUT2D eigenvalue weighted by molar-refractivity contribution is 6.32. The van der Waals surface area contributed by atoms with E-state index in [1.54, 1.807) is 37.5 Å². The van der Waals surface area contributed by atoms with E-state index in [-0.39, 0.29) is 5.91 Å². The number of carbonyl (C=O) groups is 1. The molecule has 4 rings (SSSR count). The molecule has 1 N–H and O–H groups in total. The Balaban J connectivity index is 1.47. The van der Waals surface area contributed by atoms with Gasteiger partial charge in [-0.25, -0.2) is 0 Å². The summed E-state index contributed by atoms with van der Waals surface area (Å²) in [6, 6.07) is 18.9. The number of hydrogen-bond donors (Lipinski definition) is 1. The minimum atomic E-state index is -0.216. The average Bonchev–Trinajstić information content (AvgIpc) is 3.21. The third kappa shape index (κ3) is 4.81. The van der Waals surface area contributed by atoms with E-state index in [1.165, 1.54) is 16.4 Å². The summed E-state index contributed by atoms with van der Waals surface area (Å²) in [5, 5.41) is 12.3. The maximum atomic E-state index is 12.4. The largest absolute Gasteiger partial charge is 0.495 e. The monoisotopic (exact) mass is 446 g/mol. The van der Waals surface area contributed by atoms with Crippen LogP contribution in [0.4, 0.5) is 5.69 Å². The first-order valence-electron chi connectivity index (χ1n) is 10.2. The number of nitrogens with zero attached hydrogens (tertiary/aromatic N) is 3. The molecule has 1 aromatic heterocycles. The Bertz CT molecular complexity index is 1290. The molecule has 0 aliphatic heterocycles. The summed E-state index contributed by atoms with van der Waals surface area (Å²) in [7, 11) is 1.56. The van der Waals surface area contributed by atoms with Crippen molar-refractivity contribution < 1.29 is 9.53 Å². The summed E-state index contributed by atoms with van der Waals surface area (Å²) >= 11 is 6.21. The highest BCUT2D eigenvalue weighted by Crippen LogP contribution is 2.27. The van der Waals surface area contributed by atoms with Gasteiger partial charge in [-0.15, -0.1) is 10.2 Å². The second kappa shape index (κ2) is 9.24. The molecule has 0 fully saturated rings. The number of halogens is 1. The summed E-state index contributed by atoms with van der Waals surface area (Å²) in [5.74, 6) is 0.846. The van der Waals surface area contributed by atoms with Crippen LogP contribution in [0.2, 0.25) is 5.02 Å². The van der Waals surface area contributed by atoms with Crippen molar-refractivity contribution in [2.24, 2.45) is 0 Å². The fraction of sp³-hybridized carbons (Fsp3) is 0.160. The van der Waals surface area contributed by atoms with E-state index < -0.39 is 0 Å². The zero-order valence-electron chi connectivity index (χ0n) is 18.0. The van der Waals surface area contributed by atoms with Crippen LogP contribution in [0, 0.1) is 0 Å². The van der Waals surface area contributed by atoms with Gasteiger partial charge in [0, 0.05) is 11.8 Å². The van der Waals surface area contributed by atoms with Crippen molar-refractivity contribution in [1.29, 1.82) is 0 Å². The Labute approximate surface area is 191 Å². The van der Waals surface area contributed by atoms with E-state index in [9.17, 15) is 4.79 Å². The van der Waals surface area contributed by atoms with Crippen LogP contribution in [0.1, 0.15) is 30.9 Å². The molecule has 1 amide bonds. The van der Waals surface area contributed by atoms with Crippen molar-refractivity contribution in [2.75, 3.05) is 12.4 Å². The Morgan fingerprint density at radius 2 is 1.78 bits per heavy atom. The smallest absolute Gasteiger partial charge is 0.248 e. The average molecular weight is 447 g/mol. The molecule has 1 heterocycles. The molecule has 0 unspecified atom stereocenters. The minimum absolute atomic E-state index is 0.216. The number of aromatic nitrogens is 3. The van der Waals surface area contributed by atoms with Crippen molar-refractivity contribution in [2.45, 2.75) is 19.8 Å². The first-order valence-corrected chi connectivity index (χ1v) is 10.6. The second-order valence-corrected chi connectivity index (χ2v) is 8.06. The van der Waals surface area contributed by atoms with Crippen molar-refractivity contribution in [3.63, 3.8) is 0 Å². The van der Waals surface area contributed by atoms with Crippen LogP contribution in [0.25, 0.3) is 22.8 Å². The quantitative estimate of drug-likeness (QED) is 0.377. The standard InChI is InChI=1S/C25H23ClN4O2/c1-16(2)18-7-4-17(5-8-18)6-13-25(31)27-19-9-11-22-23(14-19)29-30(28-22)20-10-12-24(32-3)21(26)15-20/h4-16H,1-3H3,(H,27,31)/b13-6+. The van der Waals surface area contributed by atoms with Crippen LogP contribution in [-0.2, 0) is 4.79 Å². The predicted octanol–water partition coefficient (Wildman–Crippen LogP) is 5.86. The molecule has 162 valence electrons. The van der Waals surface area contributed by atoms with Gasteiger partial charge >= 0.3 is 0 Å². The molecule has 0 aliphatic rings. The maximum absolute atomic E-state index is 12.4. The number of carbonyl (C=O) groups excluding carboxylic acids is 1. The van der Waals surface area contributed by atoms with E-state index in [2.05, 4.69) is 41.5 Å². The van der Waals surface area contributed by atoms with Gasteiger partial charge in [-0.1, -0.05) is 49.7 Å². The van der Waals surface area contributed by atoms with Gasteiger partial charge in [0.15, 0.2) is 0 Å². The summed E-state index contributed by atoms with van der Waals surface area (Å²) in [4.78, 5) is 13.9. The lowest BCUT2D eigenvalue weighted by atomic mass is 10.0. The third-order valence-electron chi connectivity index (χ3n) is 5.04. The van der Waals surface area contributed by atoms with Crippen LogP contribution in [0.15, 0.2) is 66.7 Å². The summed E-state index contributed by atoms with van der Waals surface area (Å²) in [6.45, 7) is 4.31. The molecule has 0 atom stereocenters. The lowest BCUT2D eigenvalue weighted by molar-refractivity contribution is -0.111. The first-order chi connectivity index (χ1) is 15.4. The van der Waals surface area contributed by atoms with Gasteiger partial charge in [0.25, 0.3) is 0 Å². The van der Waals surface area contributed by atoms with Gasteiger partial charge in [-0.2, -0.15) is 4.80 Å². The molecular formula is C25H23ClN4O2. The van der Waals surface area contributed by atoms with Crippen LogP contribution < -0.4 is 10.1 Å². The van der Waals surface area contributed by atoms with E-state index in [0.29, 0.717) is 39.1 Å². The number of methoxy groups -OCH3 is 1. The molecule has 7 heteroatoms. The lowest BCUT2D eigenvalue weighted by Crippen LogP contribution is -2.07. The summed E-state index contributed by atoms with van der Waals surface area (Å²) < 4.78 is 5.18. The molecule has 0 saturated heterocycles. The molecule has 32 heavy (non-hydrogen) atoms. The van der Waals surface area contributed by atoms with Crippen LogP contribution in [0.3, 0.4) is 0 Å². The fourth-order valence-corrected chi connectivity index (χ4v) is 3.49. The molecule has 4 aromatic rings. The topological polar surface area (TPSA) is 69.0 Å². The third-order valence-corrected chi connectivity index (χ3v) is 5.34. The normalized spacial score (nSPS) is 11.4. The van der Waals surface area contributed by atoms with Gasteiger partial charge < -0.3 is 10.1 Å². The minimum Gasteiger partial charge on any atom is -0.495 e. The Morgan fingerprint density at radius 1 is 1.03 bits per heavy atom. The number of amides is 1. The van der Waals surface area contributed by atoms with Gasteiger partial charge in [0.2, 0.25) is 5.91 Å². The second-order valence-electron chi connectivity index (χ2n) is 7.66. The Morgan fingerprint density at radius 3 is 2.47 bits per heavy atom. The van der Waals surface area contributed by atoms with E-state index in [0.717, 1.165) is 5.56 Å². The zero-order chi connectivity index (χ0) is 22.7. The number of rotatable bonds is 6. The predicted molar refractivity (Wildman–Crippen MR) is 129 cm³/mol. The van der Waals surface area contributed by atoms with Gasteiger partial charge in [-0.3, -0.25) is 4.79 Å². The highest BCUT2D eigenvalue weighted by Gasteiger charge is 2.09. The highest BCUT2D eigenvalue weighted by atomic mass is 35.5. The first kappa shape index (κ1) is 21.6. The summed E-state index contributed by atoms with van der Waals surface area (Å²) in [5.41, 5.74) is 4.95. The number of anilines is 1. The van der Waals surface area contributed by atoms with Crippen molar-refractivity contribution in [3.8, 4) is 11.4 Å². The molecule has 0 saturated carbocycles. The number of benzene rings is 3. The van der Waals surface area contributed by atoms with Crippen molar-refractivity contribution in [1.82, 2.24) is 15.0 Å². The van der Waals surface area contributed by atoms with Crippen LogP contribution in [-0.4, -0.2) is 28.0 Å². The molecule has 6 nitrogen and oxygen atoms in total. The lowest BCUT2D eigenvalue weighted by Gasteiger charge is -2.05. The molecule has 0 bridgehead atoms. The van der Waals surface area contributed by atoms with Crippen LogP contribution in [0.5, 0.6) is 5.75 Å². The summed E-state index contributed by atoms with van der Waals surface area (Å²) in [6.07, 6.45) is 3.31. The molecule has 0 aliphatic carbocycles. The Hall–Kier alpha value is -3.64. The molecule has 0 radical (unpaired) electrons. The number of hydrogen-bond acceptors (Lipinski definition) is 4. The number of ether oxygens (including phenoxy) is 1. The van der Waals surface area contributed by atoms with Crippen LogP contribution >= 0.6 is 11.6 Å². The van der Waals surface area contributed by atoms with Gasteiger partial charge in [0.1, 0.15) is 16.8 Å². The van der Waals surface area contributed by atoms with Crippen molar-refractivity contribution in [3.05, 3.63) is 82.9 Å². The number of fused-ring (bicyclic) bond motifs is 1. The molecule has 0 spiro atoms. The van der Waals surface area contributed by atoms with E-state index >= 15 is 0 Å². The van der Waals surface area contributed by atoms with Gasteiger partial charge in [-0.05, 0) is 59.5 Å². The maximum Gasteiger partial charge on any atom is 0.248 e. The van der Waals surface area contributed by atoms with E-state index in [4.69, 9.17) is 16.3 Å².